The number of rotatable bonds is 4. The van der Waals surface area contributed by atoms with Gasteiger partial charge in [-0.1, -0.05) is 6.07 Å². The van der Waals surface area contributed by atoms with Crippen molar-refractivity contribution in [1.29, 1.82) is 0 Å². The summed E-state index contributed by atoms with van der Waals surface area (Å²) >= 11 is 0. The molecule has 2 N–H and O–H groups in total. The molecule has 1 aromatic rings. The van der Waals surface area contributed by atoms with Crippen LogP contribution in [0.2, 0.25) is 0 Å². The van der Waals surface area contributed by atoms with Crippen LogP contribution in [0.25, 0.3) is 0 Å². The molecule has 0 atom stereocenters. The number of carboxylic acids is 1. The maximum atomic E-state index is 11.9. The summed E-state index contributed by atoms with van der Waals surface area (Å²) in [6, 6.07) is 4.62. The average Bonchev–Trinajstić information content (AvgIpc) is 2.33. The molecular weight excluding hydrogens is 232 g/mol. The SMILES string of the molecule is CCN(CC)C(=O)Nc1cccc(C(=O)O)c1C. The number of hydrogen-bond acceptors (Lipinski definition) is 2. The normalized spacial score (nSPS) is 9.94. The Hall–Kier alpha value is -2.04. The van der Waals surface area contributed by atoms with Gasteiger partial charge in [0.05, 0.1) is 5.56 Å². The van der Waals surface area contributed by atoms with E-state index in [1.807, 2.05) is 13.8 Å². The van der Waals surface area contributed by atoms with Gasteiger partial charge in [0.25, 0.3) is 0 Å². The molecule has 1 aromatic carbocycles. The third-order valence-electron chi connectivity index (χ3n) is 2.86. The molecule has 0 radical (unpaired) electrons. The van der Waals surface area contributed by atoms with E-state index in [1.165, 1.54) is 6.07 Å². The molecule has 0 aromatic heterocycles. The van der Waals surface area contributed by atoms with Crippen molar-refractivity contribution >= 4 is 17.7 Å². The molecule has 0 aliphatic heterocycles. The van der Waals surface area contributed by atoms with Gasteiger partial charge >= 0.3 is 12.0 Å². The Morgan fingerprint density at radius 2 is 1.89 bits per heavy atom. The van der Waals surface area contributed by atoms with Crippen LogP contribution < -0.4 is 5.32 Å². The van der Waals surface area contributed by atoms with Crippen LogP contribution in [0.1, 0.15) is 29.8 Å². The third-order valence-corrected chi connectivity index (χ3v) is 2.86. The number of amides is 2. The number of anilines is 1. The molecule has 0 aliphatic carbocycles. The van der Waals surface area contributed by atoms with Crippen LogP contribution >= 0.6 is 0 Å². The summed E-state index contributed by atoms with van der Waals surface area (Å²) in [5.41, 5.74) is 1.30. The van der Waals surface area contributed by atoms with Crippen molar-refractivity contribution in [2.45, 2.75) is 20.8 Å². The molecule has 0 unspecified atom stereocenters. The fourth-order valence-electron chi connectivity index (χ4n) is 1.71. The lowest BCUT2D eigenvalue weighted by molar-refractivity contribution is 0.0696. The zero-order chi connectivity index (χ0) is 13.7. The molecule has 98 valence electrons. The Morgan fingerprint density at radius 3 is 2.39 bits per heavy atom. The van der Waals surface area contributed by atoms with Crippen molar-refractivity contribution in [2.24, 2.45) is 0 Å². The van der Waals surface area contributed by atoms with Crippen LogP contribution in [-0.2, 0) is 0 Å². The first kappa shape index (κ1) is 14.0. The van der Waals surface area contributed by atoms with E-state index in [0.29, 0.717) is 24.3 Å². The van der Waals surface area contributed by atoms with E-state index in [2.05, 4.69) is 5.32 Å². The molecule has 0 saturated carbocycles. The van der Waals surface area contributed by atoms with Crippen molar-refractivity contribution in [1.82, 2.24) is 4.90 Å². The number of benzene rings is 1. The highest BCUT2D eigenvalue weighted by Crippen LogP contribution is 2.19. The van der Waals surface area contributed by atoms with E-state index < -0.39 is 5.97 Å². The molecule has 1 rings (SSSR count). The topological polar surface area (TPSA) is 69.6 Å². The summed E-state index contributed by atoms with van der Waals surface area (Å²) in [6.45, 7) is 6.69. The van der Waals surface area contributed by atoms with E-state index in [1.54, 1.807) is 24.0 Å². The van der Waals surface area contributed by atoms with E-state index >= 15 is 0 Å². The number of aromatic carboxylic acids is 1. The smallest absolute Gasteiger partial charge is 0.336 e. The maximum Gasteiger partial charge on any atom is 0.336 e. The number of carbonyl (C=O) groups is 2. The van der Waals surface area contributed by atoms with Gasteiger partial charge < -0.3 is 15.3 Å². The van der Waals surface area contributed by atoms with Gasteiger partial charge in [-0.05, 0) is 38.5 Å². The second-order valence-electron chi connectivity index (χ2n) is 3.89. The first-order chi connectivity index (χ1) is 8.51. The minimum atomic E-state index is -0.994. The van der Waals surface area contributed by atoms with E-state index in [0.717, 1.165) is 0 Å². The molecule has 0 fully saturated rings. The van der Waals surface area contributed by atoms with Gasteiger partial charge in [0, 0.05) is 18.8 Å². The van der Waals surface area contributed by atoms with Crippen molar-refractivity contribution in [3.63, 3.8) is 0 Å². The number of hydrogen-bond donors (Lipinski definition) is 2. The molecule has 0 spiro atoms. The van der Waals surface area contributed by atoms with E-state index in [9.17, 15) is 9.59 Å². The lowest BCUT2D eigenvalue weighted by atomic mass is 10.1. The molecule has 0 bridgehead atoms. The van der Waals surface area contributed by atoms with Gasteiger partial charge in [-0.15, -0.1) is 0 Å². The number of nitrogens with zero attached hydrogens (tertiary/aromatic N) is 1. The minimum Gasteiger partial charge on any atom is -0.478 e. The zero-order valence-corrected chi connectivity index (χ0v) is 10.9. The van der Waals surface area contributed by atoms with Gasteiger partial charge in [-0.3, -0.25) is 0 Å². The lowest BCUT2D eigenvalue weighted by Gasteiger charge is -2.20. The Morgan fingerprint density at radius 1 is 1.28 bits per heavy atom. The van der Waals surface area contributed by atoms with Gasteiger partial charge in [0.15, 0.2) is 0 Å². The molecule has 18 heavy (non-hydrogen) atoms. The monoisotopic (exact) mass is 250 g/mol. The number of carboxylic acid groups (broad SMARTS) is 1. The Bertz CT molecular complexity index is 454. The zero-order valence-electron chi connectivity index (χ0n) is 10.9. The van der Waals surface area contributed by atoms with Gasteiger partial charge in [-0.25, -0.2) is 9.59 Å². The average molecular weight is 250 g/mol. The highest BCUT2D eigenvalue weighted by atomic mass is 16.4. The molecule has 2 amide bonds. The van der Waals surface area contributed by atoms with Crippen molar-refractivity contribution in [2.75, 3.05) is 18.4 Å². The van der Waals surface area contributed by atoms with Crippen molar-refractivity contribution < 1.29 is 14.7 Å². The summed E-state index contributed by atoms with van der Waals surface area (Å²) in [4.78, 5) is 24.5. The predicted octanol–water partition coefficient (Wildman–Crippen LogP) is 2.57. The van der Waals surface area contributed by atoms with Crippen LogP contribution in [0, 0.1) is 6.92 Å². The highest BCUT2D eigenvalue weighted by Gasteiger charge is 2.14. The molecule has 0 heterocycles. The first-order valence-corrected chi connectivity index (χ1v) is 5.90. The Kier molecular flexibility index (Phi) is 4.71. The molecule has 5 nitrogen and oxygen atoms in total. The maximum absolute atomic E-state index is 11.9. The summed E-state index contributed by atoms with van der Waals surface area (Å²) in [5, 5.41) is 11.7. The minimum absolute atomic E-state index is 0.201. The van der Waals surface area contributed by atoms with Crippen molar-refractivity contribution in [3.05, 3.63) is 29.3 Å². The van der Waals surface area contributed by atoms with Crippen molar-refractivity contribution in [3.8, 4) is 0 Å². The summed E-state index contributed by atoms with van der Waals surface area (Å²) in [6.07, 6.45) is 0. The first-order valence-electron chi connectivity index (χ1n) is 5.90. The number of carbonyl (C=O) groups excluding carboxylic acids is 1. The fraction of sp³-hybridized carbons (Fsp3) is 0.385. The predicted molar refractivity (Wildman–Crippen MR) is 70.1 cm³/mol. The standard InChI is InChI=1S/C13H18N2O3/c1-4-15(5-2)13(18)14-11-8-6-7-10(9(11)3)12(16)17/h6-8H,4-5H2,1-3H3,(H,14,18)(H,16,17). The Balaban J connectivity index is 2.95. The van der Waals surface area contributed by atoms with Gasteiger partial charge in [0.2, 0.25) is 0 Å². The second kappa shape index (κ2) is 6.05. The summed E-state index contributed by atoms with van der Waals surface area (Å²) in [5.74, 6) is -0.994. The van der Waals surface area contributed by atoms with Crippen LogP contribution in [0.4, 0.5) is 10.5 Å². The Labute approximate surface area is 106 Å². The number of urea groups is 1. The molecule has 5 heteroatoms. The van der Waals surface area contributed by atoms with Crippen LogP contribution in [0.5, 0.6) is 0 Å². The lowest BCUT2D eigenvalue weighted by Crippen LogP contribution is -2.34. The van der Waals surface area contributed by atoms with Crippen LogP contribution in [0.15, 0.2) is 18.2 Å². The van der Waals surface area contributed by atoms with Gasteiger partial charge in [-0.2, -0.15) is 0 Å². The van der Waals surface area contributed by atoms with E-state index in [4.69, 9.17) is 5.11 Å². The summed E-state index contributed by atoms with van der Waals surface area (Å²) < 4.78 is 0. The van der Waals surface area contributed by atoms with E-state index in [-0.39, 0.29) is 11.6 Å². The fourth-order valence-corrected chi connectivity index (χ4v) is 1.71. The molecular formula is C13H18N2O3. The van der Waals surface area contributed by atoms with Crippen LogP contribution in [0.3, 0.4) is 0 Å². The molecule has 0 aliphatic rings. The molecule has 0 saturated heterocycles. The summed E-state index contributed by atoms with van der Waals surface area (Å²) in [7, 11) is 0. The third kappa shape index (κ3) is 3.00. The van der Waals surface area contributed by atoms with Crippen LogP contribution in [-0.4, -0.2) is 35.1 Å². The second-order valence-corrected chi connectivity index (χ2v) is 3.89. The number of nitrogens with one attached hydrogen (secondary N) is 1. The van der Waals surface area contributed by atoms with Gasteiger partial charge in [0.1, 0.15) is 0 Å². The quantitative estimate of drug-likeness (QED) is 0.862. The highest BCUT2D eigenvalue weighted by molar-refractivity contribution is 5.95. The largest absolute Gasteiger partial charge is 0.478 e.